The van der Waals surface area contributed by atoms with Gasteiger partial charge in [-0.3, -0.25) is 29.0 Å². The molecule has 0 bridgehead atoms. The van der Waals surface area contributed by atoms with Crippen LogP contribution in [-0.4, -0.2) is 58.6 Å². The Morgan fingerprint density at radius 3 is 2.05 bits per heavy atom. The number of benzene rings is 1. The van der Waals surface area contributed by atoms with E-state index in [1.807, 2.05) is 0 Å². The number of pyridine rings is 1. The molecule has 3 rings (SSSR count). The largest absolute Gasteiger partial charge is 0.465 e. The monoisotopic (exact) mass is 553 g/mol. The molecular weight excluding hydrogens is 514 g/mol. The number of anilines is 1. The van der Waals surface area contributed by atoms with Crippen LogP contribution in [0.3, 0.4) is 0 Å². The van der Waals surface area contributed by atoms with Gasteiger partial charge in [-0.25, -0.2) is 4.79 Å². The zero-order valence-electron chi connectivity index (χ0n) is 23.8. The molecule has 1 aliphatic rings. The van der Waals surface area contributed by atoms with Crippen LogP contribution in [0.25, 0.3) is 0 Å². The standard InChI is InChI=1S/C30H39N3O7/c1-5-39-26(35)21-31-20-22(16-17-25(31)34)32(29(38)40-30(2,3)4)18-12-8-6-7-9-13-19-33-27(36)23-14-10-11-15-24(23)28(33)37/h10-11,14-17,20H,5-9,12-13,18-19,21H2,1-4H3. The summed E-state index contributed by atoms with van der Waals surface area (Å²) in [5.41, 5.74) is 0.326. The lowest BCUT2D eigenvalue weighted by Gasteiger charge is -2.27. The Morgan fingerprint density at radius 2 is 1.45 bits per heavy atom. The van der Waals surface area contributed by atoms with Gasteiger partial charge in [-0.05, 0) is 58.7 Å². The number of nitrogens with zero attached hydrogens (tertiary/aromatic N) is 3. The number of imide groups is 1. The molecule has 10 heteroatoms. The van der Waals surface area contributed by atoms with Crippen molar-refractivity contribution in [2.45, 2.75) is 78.4 Å². The van der Waals surface area contributed by atoms with E-state index in [1.54, 1.807) is 58.0 Å². The zero-order valence-corrected chi connectivity index (χ0v) is 23.8. The SMILES string of the molecule is CCOC(=O)Cn1cc(N(CCCCCCCCN2C(=O)c3ccccc3C2=O)C(=O)OC(C)(C)C)ccc1=O. The molecular formula is C30H39N3O7. The molecule has 40 heavy (non-hydrogen) atoms. The minimum Gasteiger partial charge on any atom is -0.465 e. The fourth-order valence-corrected chi connectivity index (χ4v) is 4.48. The molecule has 10 nitrogen and oxygen atoms in total. The maximum atomic E-state index is 13.0. The van der Waals surface area contributed by atoms with Gasteiger partial charge in [-0.1, -0.05) is 37.8 Å². The topological polar surface area (TPSA) is 115 Å². The molecule has 3 amide bonds. The summed E-state index contributed by atoms with van der Waals surface area (Å²) >= 11 is 0. The van der Waals surface area contributed by atoms with Crippen LogP contribution in [0.5, 0.6) is 0 Å². The first-order valence-electron chi connectivity index (χ1n) is 13.8. The average Bonchev–Trinajstić information content (AvgIpc) is 3.13. The molecule has 216 valence electrons. The van der Waals surface area contributed by atoms with Crippen LogP contribution in [0.15, 0.2) is 47.4 Å². The lowest BCUT2D eigenvalue weighted by molar-refractivity contribution is -0.143. The van der Waals surface area contributed by atoms with Crippen molar-refractivity contribution in [3.05, 3.63) is 64.1 Å². The van der Waals surface area contributed by atoms with E-state index in [0.29, 0.717) is 36.3 Å². The van der Waals surface area contributed by atoms with Crippen molar-refractivity contribution in [3.8, 4) is 0 Å². The molecule has 0 unspecified atom stereocenters. The number of carbonyl (C=O) groups excluding carboxylic acids is 4. The van der Waals surface area contributed by atoms with Gasteiger partial charge >= 0.3 is 12.1 Å². The number of carbonyl (C=O) groups is 4. The molecule has 1 aliphatic heterocycles. The smallest absolute Gasteiger partial charge is 0.414 e. The van der Waals surface area contributed by atoms with Crippen LogP contribution in [-0.2, 0) is 20.8 Å². The van der Waals surface area contributed by atoms with Crippen LogP contribution in [0.2, 0.25) is 0 Å². The number of aromatic nitrogens is 1. The lowest BCUT2D eigenvalue weighted by atomic mass is 10.1. The third-order valence-corrected chi connectivity index (χ3v) is 6.39. The fraction of sp³-hybridized carbons (Fsp3) is 0.500. The molecule has 0 radical (unpaired) electrons. The number of hydrogen-bond acceptors (Lipinski definition) is 7. The van der Waals surface area contributed by atoms with Crippen molar-refractivity contribution in [1.29, 1.82) is 0 Å². The predicted molar refractivity (Wildman–Crippen MR) is 150 cm³/mol. The van der Waals surface area contributed by atoms with Gasteiger partial charge in [0.05, 0.1) is 23.4 Å². The van der Waals surface area contributed by atoms with E-state index in [2.05, 4.69) is 0 Å². The summed E-state index contributed by atoms with van der Waals surface area (Å²) in [6, 6.07) is 9.76. The second-order valence-corrected chi connectivity index (χ2v) is 10.7. The van der Waals surface area contributed by atoms with Crippen molar-refractivity contribution in [2.75, 3.05) is 24.6 Å². The summed E-state index contributed by atoms with van der Waals surface area (Å²) in [6.07, 6.45) is 5.97. The van der Waals surface area contributed by atoms with Gasteiger partial charge in [0.2, 0.25) is 0 Å². The van der Waals surface area contributed by atoms with Crippen molar-refractivity contribution >= 4 is 29.6 Å². The summed E-state index contributed by atoms with van der Waals surface area (Å²) in [6.45, 7) is 7.79. The number of esters is 1. The Labute approximate surface area is 234 Å². The van der Waals surface area contributed by atoms with E-state index < -0.39 is 17.7 Å². The number of unbranched alkanes of at least 4 members (excludes halogenated alkanes) is 5. The van der Waals surface area contributed by atoms with Gasteiger partial charge in [0.1, 0.15) is 12.1 Å². The van der Waals surface area contributed by atoms with Crippen LogP contribution >= 0.6 is 0 Å². The number of fused-ring (bicyclic) bond motifs is 1. The molecule has 1 aromatic heterocycles. The van der Waals surface area contributed by atoms with Gasteiger partial charge in [-0.2, -0.15) is 0 Å². The molecule has 0 aliphatic carbocycles. The molecule has 2 aromatic rings. The number of hydrogen-bond donors (Lipinski definition) is 0. The molecule has 0 N–H and O–H groups in total. The number of ether oxygens (including phenoxy) is 2. The number of amides is 3. The summed E-state index contributed by atoms with van der Waals surface area (Å²) in [5.74, 6) is -0.985. The number of rotatable bonds is 13. The normalized spacial score (nSPS) is 12.8. The summed E-state index contributed by atoms with van der Waals surface area (Å²) in [4.78, 5) is 65.0. The van der Waals surface area contributed by atoms with E-state index in [9.17, 15) is 24.0 Å². The Bertz CT molecular complexity index is 1240. The second-order valence-electron chi connectivity index (χ2n) is 10.7. The second kappa shape index (κ2) is 13.9. The predicted octanol–water partition coefficient (Wildman–Crippen LogP) is 4.79. The Morgan fingerprint density at radius 1 is 0.850 bits per heavy atom. The van der Waals surface area contributed by atoms with Crippen LogP contribution < -0.4 is 10.5 Å². The molecule has 0 saturated heterocycles. The third-order valence-electron chi connectivity index (χ3n) is 6.39. The molecule has 0 fully saturated rings. The summed E-state index contributed by atoms with van der Waals surface area (Å²) in [5, 5.41) is 0. The van der Waals surface area contributed by atoms with E-state index >= 15 is 0 Å². The van der Waals surface area contributed by atoms with E-state index in [1.165, 1.54) is 26.6 Å². The molecule has 0 spiro atoms. The van der Waals surface area contributed by atoms with Crippen LogP contribution in [0.4, 0.5) is 10.5 Å². The lowest BCUT2D eigenvalue weighted by Crippen LogP contribution is -2.38. The molecule has 2 heterocycles. The van der Waals surface area contributed by atoms with Gasteiger partial charge in [-0.15, -0.1) is 0 Å². The zero-order chi connectivity index (χ0) is 29.3. The van der Waals surface area contributed by atoms with Crippen LogP contribution in [0, 0.1) is 0 Å². The summed E-state index contributed by atoms with van der Waals surface area (Å²) < 4.78 is 11.8. The van der Waals surface area contributed by atoms with E-state index in [0.717, 1.165) is 32.1 Å². The Kier molecular flexibility index (Phi) is 10.6. The quantitative estimate of drug-likeness (QED) is 0.199. The van der Waals surface area contributed by atoms with Crippen molar-refractivity contribution in [3.63, 3.8) is 0 Å². The van der Waals surface area contributed by atoms with Crippen molar-refractivity contribution in [2.24, 2.45) is 0 Å². The highest BCUT2D eigenvalue weighted by Gasteiger charge is 2.34. The highest BCUT2D eigenvalue weighted by atomic mass is 16.6. The Balaban J connectivity index is 1.49. The molecule has 0 saturated carbocycles. The first-order chi connectivity index (χ1) is 19.0. The Hall–Kier alpha value is -3.95. The van der Waals surface area contributed by atoms with Crippen LogP contribution in [0.1, 0.15) is 86.9 Å². The maximum Gasteiger partial charge on any atom is 0.414 e. The fourth-order valence-electron chi connectivity index (χ4n) is 4.48. The maximum absolute atomic E-state index is 13.0. The van der Waals surface area contributed by atoms with E-state index in [-0.39, 0.29) is 30.5 Å². The third kappa shape index (κ3) is 8.27. The first kappa shape index (κ1) is 30.6. The van der Waals surface area contributed by atoms with Gasteiger partial charge in [0.25, 0.3) is 17.4 Å². The minimum absolute atomic E-state index is 0.208. The van der Waals surface area contributed by atoms with Gasteiger partial charge in [0, 0.05) is 25.4 Å². The highest BCUT2D eigenvalue weighted by Crippen LogP contribution is 2.23. The molecule has 1 aromatic carbocycles. The van der Waals surface area contributed by atoms with Gasteiger partial charge in [0.15, 0.2) is 0 Å². The van der Waals surface area contributed by atoms with Crippen molar-refractivity contribution in [1.82, 2.24) is 9.47 Å². The van der Waals surface area contributed by atoms with Crippen molar-refractivity contribution < 1.29 is 28.7 Å². The van der Waals surface area contributed by atoms with Gasteiger partial charge < -0.3 is 14.0 Å². The average molecular weight is 554 g/mol. The molecule has 0 atom stereocenters. The first-order valence-corrected chi connectivity index (χ1v) is 13.8. The minimum atomic E-state index is -0.700. The summed E-state index contributed by atoms with van der Waals surface area (Å²) in [7, 11) is 0. The highest BCUT2D eigenvalue weighted by molar-refractivity contribution is 6.21. The van der Waals surface area contributed by atoms with E-state index in [4.69, 9.17) is 9.47 Å².